The van der Waals surface area contributed by atoms with E-state index in [0.29, 0.717) is 6.42 Å². The van der Waals surface area contributed by atoms with Crippen molar-refractivity contribution >= 4 is 0 Å². The molecule has 1 rings (SSSR count). The summed E-state index contributed by atoms with van der Waals surface area (Å²) in [6, 6.07) is 0. The van der Waals surface area contributed by atoms with Gasteiger partial charge in [-0.2, -0.15) is 22.0 Å². The van der Waals surface area contributed by atoms with Crippen molar-refractivity contribution in [2.45, 2.75) is 55.6 Å². The lowest BCUT2D eigenvalue weighted by Crippen LogP contribution is -2.68. The van der Waals surface area contributed by atoms with Gasteiger partial charge in [0.25, 0.3) is 0 Å². The van der Waals surface area contributed by atoms with Crippen molar-refractivity contribution in [2.24, 2.45) is 0 Å². The molecule has 1 aliphatic rings. The van der Waals surface area contributed by atoms with E-state index in [9.17, 15) is 27.1 Å². The second kappa shape index (κ2) is 4.03. The van der Waals surface area contributed by atoms with Crippen molar-refractivity contribution in [3.63, 3.8) is 0 Å². The van der Waals surface area contributed by atoms with Crippen LogP contribution in [-0.2, 0) is 0 Å². The van der Waals surface area contributed by atoms with Gasteiger partial charge in [0.2, 0.25) is 0 Å². The van der Waals surface area contributed by atoms with E-state index >= 15 is 0 Å². The zero-order chi connectivity index (χ0) is 13.5. The molecule has 102 valence electrons. The predicted molar refractivity (Wildman–Crippen MR) is 46.2 cm³/mol. The smallest absolute Gasteiger partial charge is 0.383 e. The Morgan fingerprint density at radius 3 is 1.59 bits per heavy atom. The molecule has 0 aliphatic heterocycles. The maximum absolute atomic E-state index is 13.5. The molecule has 1 saturated carbocycles. The van der Waals surface area contributed by atoms with Crippen LogP contribution in [0.5, 0.6) is 0 Å². The molecule has 0 amide bonds. The molecule has 0 aromatic carbocycles. The fourth-order valence-corrected chi connectivity index (χ4v) is 1.95. The zero-order valence-corrected chi connectivity index (χ0v) is 8.77. The van der Waals surface area contributed by atoms with Gasteiger partial charge in [0, 0.05) is 0 Å². The van der Waals surface area contributed by atoms with Crippen LogP contribution >= 0.6 is 0 Å². The van der Waals surface area contributed by atoms with Gasteiger partial charge in [0.1, 0.15) is 5.60 Å². The summed E-state index contributed by atoms with van der Waals surface area (Å²) < 4.78 is 63.5. The molecule has 0 unspecified atom stereocenters. The lowest BCUT2D eigenvalue weighted by atomic mass is 9.77. The molecule has 0 atom stereocenters. The second-order valence-electron chi connectivity index (χ2n) is 4.34. The molecule has 1 fully saturated rings. The summed E-state index contributed by atoms with van der Waals surface area (Å²) in [6.45, 7) is 0. The van der Waals surface area contributed by atoms with E-state index in [0.717, 1.165) is 0 Å². The van der Waals surface area contributed by atoms with E-state index in [-0.39, 0.29) is 12.8 Å². The topological polar surface area (TPSA) is 60.7 Å². The Morgan fingerprint density at radius 2 is 1.24 bits per heavy atom. The van der Waals surface area contributed by atoms with Gasteiger partial charge in [0.05, 0.1) is 0 Å². The van der Waals surface area contributed by atoms with Crippen LogP contribution in [0.1, 0.15) is 32.1 Å². The molecule has 0 aromatic heterocycles. The lowest BCUT2D eigenvalue weighted by Gasteiger charge is -2.44. The molecule has 17 heavy (non-hydrogen) atoms. The van der Waals surface area contributed by atoms with E-state index < -0.39 is 36.3 Å². The molecule has 0 saturated heterocycles. The summed E-state index contributed by atoms with van der Waals surface area (Å²) in [4.78, 5) is 0. The normalized spacial score (nSPS) is 22.6. The number of rotatable bonds is 2. The zero-order valence-electron chi connectivity index (χ0n) is 8.77. The molecule has 3 nitrogen and oxygen atoms in total. The summed E-state index contributed by atoms with van der Waals surface area (Å²) in [5, 5.41) is 26.8. The quantitative estimate of drug-likeness (QED) is 0.524. The highest BCUT2D eigenvalue weighted by Gasteiger charge is 2.75. The maximum atomic E-state index is 13.5. The Hall–Kier alpha value is -0.470. The van der Waals surface area contributed by atoms with Crippen LogP contribution in [0.15, 0.2) is 0 Å². The predicted octanol–water partition coefficient (Wildman–Crippen LogP) is 1.56. The van der Waals surface area contributed by atoms with Gasteiger partial charge in [-0.15, -0.1) is 0 Å². The standard InChI is InChI=1S/C9H13F5O3/c10-7(11,8(16,17)9(12,13)14)6(15)4-2-1-3-5-6/h15-17H,1-5H2. The average Bonchev–Trinajstić information content (AvgIpc) is 2.16. The van der Waals surface area contributed by atoms with Crippen molar-refractivity contribution in [2.75, 3.05) is 0 Å². The third-order valence-electron chi connectivity index (χ3n) is 3.10. The molecule has 0 aromatic rings. The molecule has 8 heteroatoms. The number of halogens is 5. The van der Waals surface area contributed by atoms with Crippen molar-refractivity contribution < 1.29 is 37.3 Å². The van der Waals surface area contributed by atoms with Crippen LogP contribution in [-0.4, -0.2) is 38.8 Å². The SMILES string of the molecule is OC1(C(F)(F)C(O)(O)C(F)(F)F)CCCCC1. The van der Waals surface area contributed by atoms with Gasteiger partial charge in [-0.3, -0.25) is 0 Å². The van der Waals surface area contributed by atoms with E-state index in [1.165, 1.54) is 0 Å². The Morgan fingerprint density at radius 1 is 0.824 bits per heavy atom. The Bertz CT molecular complexity index is 281. The lowest BCUT2D eigenvalue weighted by molar-refractivity contribution is -0.443. The molecule has 0 spiro atoms. The van der Waals surface area contributed by atoms with Crippen LogP contribution < -0.4 is 0 Å². The Kier molecular flexibility index (Phi) is 3.46. The van der Waals surface area contributed by atoms with Crippen LogP contribution in [0, 0.1) is 0 Å². The molecule has 0 heterocycles. The van der Waals surface area contributed by atoms with Gasteiger partial charge in [-0.05, 0) is 12.8 Å². The fourth-order valence-electron chi connectivity index (χ4n) is 1.95. The largest absolute Gasteiger partial charge is 0.449 e. The summed E-state index contributed by atoms with van der Waals surface area (Å²) in [5.41, 5.74) is -3.04. The first-order chi connectivity index (χ1) is 7.46. The first kappa shape index (κ1) is 14.6. The van der Waals surface area contributed by atoms with Crippen LogP contribution in [0.3, 0.4) is 0 Å². The third-order valence-corrected chi connectivity index (χ3v) is 3.10. The summed E-state index contributed by atoms with van der Waals surface area (Å²) in [7, 11) is 0. The van der Waals surface area contributed by atoms with E-state index in [4.69, 9.17) is 10.2 Å². The average molecular weight is 264 g/mol. The van der Waals surface area contributed by atoms with E-state index in [1.807, 2.05) is 0 Å². The van der Waals surface area contributed by atoms with E-state index in [2.05, 4.69) is 0 Å². The number of hydrogen-bond donors (Lipinski definition) is 3. The summed E-state index contributed by atoms with van der Waals surface area (Å²) >= 11 is 0. The molecule has 1 aliphatic carbocycles. The van der Waals surface area contributed by atoms with Crippen molar-refractivity contribution in [3.8, 4) is 0 Å². The molecular formula is C9H13F5O3. The summed E-state index contributed by atoms with van der Waals surface area (Å²) in [6.07, 6.45) is -6.41. The van der Waals surface area contributed by atoms with Gasteiger partial charge >= 0.3 is 17.9 Å². The van der Waals surface area contributed by atoms with Gasteiger partial charge in [-0.25, -0.2) is 0 Å². The number of alkyl halides is 5. The Balaban J connectivity index is 3.08. The van der Waals surface area contributed by atoms with Crippen molar-refractivity contribution in [1.82, 2.24) is 0 Å². The van der Waals surface area contributed by atoms with Crippen LogP contribution in [0.2, 0.25) is 0 Å². The minimum Gasteiger partial charge on any atom is -0.383 e. The fraction of sp³-hybridized carbons (Fsp3) is 1.00. The second-order valence-corrected chi connectivity index (χ2v) is 4.34. The first-order valence-electron chi connectivity index (χ1n) is 5.07. The minimum absolute atomic E-state index is 0.111. The monoisotopic (exact) mass is 264 g/mol. The van der Waals surface area contributed by atoms with Crippen LogP contribution in [0.25, 0.3) is 0 Å². The van der Waals surface area contributed by atoms with Gasteiger partial charge in [0.15, 0.2) is 0 Å². The highest BCUT2D eigenvalue weighted by atomic mass is 19.4. The highest BCUT2D eigenvalue weighted by molar-refractivity contribution is 5.05. The molecule has 0 bridgehead atoms. The molecular weight excluding hydrogens is 251 g/mol. The van der Waals surface area contributed by atoms with Crippen molar-refractivity contribution in [3.05, 3.63) is 0 Å². The summed E-state index contributed by atoms with van der Waals surface area (Å²) in [5.74, 6) is -10.3. The number of aliphatic hydroxyl groups is 3. The van der Waals surface area contributed by atoms with Crippen LogP contribution in [0.4, 0.5) is 22.0 Å². The third kappa shape index (κ3) is 2.13. The maximum Gasteiger partial charge on any atom is 0.449 e. The van der Waals surface area contributed by atoms with Crippen molar-refractivity contribution in [1.29, 1.82) is 0 Å². The minimum atomic E-state index is -5.94. The highest BCUT2D eigenvalue weighted by Crippen LogP contribution is 2.50. The van der Waals surface area contributed by atoms with Gasteiger partial charge < -0.3 is 15.3 Å². The van der Waals surface area contributed by atoms with E-state index in [1.54, 1.807) is 0 Å². The first-order valence-corrected chi connectivity index (χ1v) is 5.07. The van der Waals surface area contributed by atoms with Gasteiger partial charge in [-0.1, -0.05) is 19.3 Å². The number of hydrogen-bond acceptors (Lipinski definition) is 3. The molecule has 3 N–H and O–H groups in total. The Labute approximate surface area is 93.9 Å². The molecule has 0 radical (unpaired) electrons.